The second-order valence-electron chi connectivity index (χ2n) is 11.1. The predicted molar refractivity (Wildman–Crippen MR) is 127 cm³/mol. The third-order valence-corrected chi connectivity index (χ3v) is 9.11. The Morgan fingerprint density at radius 3 is 2.12 bits per heavy atom. The molecule has 2 aromatic rings. The molecule has 0 aromatic heterocycles. The highest BCUT2D eigenvalue weighted by atomic mass is 16.5. The largest absolute Gasteiger partial charge is 0.496 e. The molecule has 5 aliphatic rings. The molecule has 4 saturated carbocycles. The summed E-state index contributed by atoms with van der Waals surface area (Å²) in [7, 11) is 1.79. The summed E-state index contributed by atoms with van der Waals surface area (Å²) in [5, 5.41) is 0. The highest BCUT2D eigenvalue weighted by molar-refractivity contribution is 5.94. The van der Waals surface area contributed by atoms with Crippen molar-refractivity contribution in [3.63, 3.8) is 0 Å². The molecule has 0 N–H and O–H groups in total. The quantitative estimate of drug-likeness (QED) is 0.580. The fourth-order valence-electron chi connectivity index (χ4n) is 8.02. The van der Waals surface area contributed by atoms with Gasteiger partial charge in [0, 0.05) is 24.2 Å². The maximum Gasteiger partial charge on any atom is 0.253 e. The van der Waals surface area contributed by atoms with Crippen molar-refractivity contribution < 1.29 is 9.53 Å². The molecule has 168 valence electrons. The van der Waals surface area contributed by atoms with Crippen LogP contribution < -0.4 is 4.74 Å². The zero-order valence-electron chi connectivity index (χ0n) is 19.3. The molecular weight excluding hydrogens is 394 g/mol. The number of carbonyl (C=O) groups is 1. The van der Waals surface area contributed by atoms with Crippen LogP contribution in [0, 0.1) is 17.8 Å². The van der Waals surface area contributed by atoms with Gasteiger partial charge in [0.15, 0.2) is 0 Å². The Morgan fingerprint density at radius 1 is 0.906 bits per heavy atom. The Kier molecular flexibility index (Phi) is 5.04. The molecule has 1 aliphatic heterocycles. The van der Waals surface area contributed by atoms with Crippen LogP contribution in [0.25, 0.3) is 0 Å². The zero-order valence-corrected chi connectivity index (χ0v) is 19.3. The van der Waals surface area contributed by atoms with E-state index in [-0.39, 0.29) is 11.3 Å². The van der Waals surface area contributed by atoms with Gasteiger partial charge in [-0.05, 0) is 104 Å². The van der Waals surface area contributed by atoms with Crippen LogP contribution in [0.4, 0.5) is 0 Å². The van der Waals surface area contributed by atoms with Crippen molar-refractivity contribution in [2.45, 2.75) is 62.7 Å². The minimum Gasteiger partial charge on any atom is -0.496 e. The lowest BCUT2D eigenvalue weighted by molar-refractivity contribution is -0.00618. The number of carbonyl (C=O) groups excluding carboxylic acids is 1. The van der Waals surface area contributed by atoms with Crippen LogP contribution in [-0.2, 0) is 5.41 Å². The smallest absolute Gasteiger partial charge is 0.253 e. The first-order valence-corrected chi connectivity index (χ1v) is 12.7. The molecule has 0 atom stereocenters. The summed E-state index contributed by atoms with van der Waals surface area (Å²) in [4.78, 5) is 15.6. The van der Waals surface area contributed by atoms with Gasteiger partial charge in [0.2, 0.25) is 0 Å². The number of amides is 1. The molecular formula is C29H35NO2. The number of hydrogen-bond acceptors (Lipinski definition) is 2. The Morgan fingerprint density at radius 2 is 1.53 bits per heavy atom. The third-order valence-electron chi connectivity index (χ3n) is 9.11. The van der Waals surface area contributed by atoms with Crippen LogP contribution in [0.15, 0.2) is 48.5 Å². The van der Waals surface area contributed by atoms with E-state index in [1.54, 1.807) is 7.11 Å². The Hall–Kier alpha value is -2.29. The van der Waals surface area contributed by atoms with E-state index in [0.717, 1.165) is 55.0 Å². The van der Waals surface area contributed by atoms with E-state index in [4.69, 9.17) is 4.74 Å². The maximum absolute atomic E-state index is 13.5. The standard InChI is InChI=1S/C29H35NO2/c1-32-27-8-7-25(16-26(27)29-17-20-13-21(18-29)15-22(14-20)19-29)28(31)30-11-9-24(10-12-30)23-5-3-2-4-6-23/h2-8,16,20-22,24H,9-15,17-19H2,1H3. The van der Waals surface area contributed by atoms with E-state index in [9.17, 15) is 4.79 Å². The predicted octanol–water partition coefficient (Wildman–Crippen LogP) is 6.18. The van der Waals surface area contributed by atoms with Gasteiger partial charge in [-0.25, -0.2) is 0 Å². The number of rotatable bonds is 4. The first kappa shape index (κ1) is 20.3. The summed E-state index contributed by atoms with van der Waals surface area (Å²) < 4.78 is 5.85. The van der Waals surface area contributed by atoms with Gasteiger partial charge in [-0.2, -0.15) is 0 Å². The monoisotopic (exact) mass is 429 g/mol. The van der Waals surface area contributed by atoms with E-state index < -0.39 is 0 Å². The lowest BCUT2D eigenvalue weighted by atomic mass is 9.48. The first-order valence-electron chi connectivity index (χ1n) is 12.7. The van der Waals surface area contributed by atoms with Crippen molar-refractivity contribution in [2.24, 2.45) is 17.8 Å². The number of benzene rings is 2. The molecule has 4 aliphatic carbocycles. The van der Waals surface area contributed by atoms with Gasteiger partial charge >= 0.3 is 0 Å². The Balaban J connectivity index is 1.23. The van der Waals surface area contributed by atoms with Crippen molar-refractivity contribution in [1.82, 2.24) is 4.90 Å². The van der Waals surface area contributed by atoms with Gasteiger partial charge in [0.05, 0.1) is 7.11 Å². The topological polar surface area (TPSA) is 29.5 Å². The molecule has 1 heterocycles. The molecule has 7 rings (SSSR count). The lowest BCUT2D eigenvalue weighted by Gasteiger charge is -2.57. The van der Waals surface area contributed by atoms with E-state index in [0.29, 0.717) is 5.92 Å². The van der Waals surface area contributed by atoms with Gasteiger partial charge in [-0.3, -0.25) is 4.79 Å². The van der Waals surface area contributed by atoms with Crippen LogP contribution in [0.1, 0.15) is 78.8 Å². The van der Waals surface area contributed by atoms with E-state index in [2.05, 4.69) is 47.4 Å². The fraction of sp³-hybridized carbons (Fsp3) is 0.552. The summed E-state index contributed by atoms with van der Waals surface area (Å²) in [6, 6.07) is 17.1. The Labute approximate surface area is 192 Å². The van der Waals surface area contributed by atoms with Gasteiger partial charge < -0.3 is 9.64 Å². The highest BCUT2D eigenvalue weighted by Crippen LogP contribution is 2.62. The van der Waals surface area contributed by atoms with Crippen LogP contribution in [-0.4, -0.2) is 31.0 Å². The average Bonchev–Trinajstić information content (AvgIpc) is 2.83. The summed E-state index contributed by atoms with van der Waals surface area (Å²) in [6.45, 7) is 1.69. The number of ether oxygens (including phenoxy) is 1. The maximum atomic E-state index is 13.5. The number of piperidine rings is 1. The third kappa shape index (κ3) is 3.45. The van der Waals surface area contributed by atoms with Crippen molar-refractivity contribution in [3.8, 4) is 5.75 Å². The second kappa shape index (κ2) is 7.93. The summed E-state index contributed by atoms with van der Waals surface area (Å²) in [6.07, 6.45) is 10.2. The van der Waals surface area contributed by atoms with Crippen molar-refractivity contribution in [1.29, 1.82) is 0 Å². The average molecular weight is 430 g/mol. The fourth-order valence-corrected chi connectivity index (χ4v) is 8.02. The summed E-state index contributed by atoms with van der Waals surface area (Å²) >= 11 is 0. The van der Waals surface area contributed by atoms with Crippen LogP contribution >= 0.6 is 0 Å². The van der Waals surface area contributed by atoms with Gasteiger partial charge in [-0.1, -0.05) is 30.3 Å². The van der Waals surface area contributed by atoms with Crippen LogP contribution in [0.2, 0.25) is 0 Å². The minimum absolute atomic E-state index is 0.199. The van der Waals surface area contributed by atoms with Gasteiger partial charge in [0.25, 0.3) is 5.91 Å². The molecule has 0 spiro atoms. The highest BCUT2D eigenvalue weighted by Gasteiger charge is 2.52. The number of methoxy groups -OCH3 is 1. The second-order valence-corrected chi connectivity index (χ2v) is 11.1. The molecule has 2 aromatic carbocycles. The molecule has 1 amide bonds. The van der Waals surface area contributed by atoms with Crippen LogP contribution in [0.3, 0.4) is 0 Å². The number of nitrogens with zero attached hydrogens (tertiary/aromatic N) is 1. The molecule has 32 heavy (non-hydrogen) atoms. The summed E-state index contributed by atoms with van der Waals surface area (Å²) in [5.41, 5.74) is 3.82. The minimum atomic E-state index is 0.199. The van der Waals surface area contributed by atoms with Crippen molar-refractivity contribution in [3.05, 3.63) is 65.2 Å². The molecule has 0 unspecified atom stereocenters. The molecule has 3 nitrogen and oxygen atoms in total. The van der Waals surface area contributed by atoms with E-state index in [1.807, 2.05) is 6.07 Å². The van der Waals surface area contributed by atoms with Crippen LogP contribution in [0.5, 0.6) is 5.75 Å². The van der Waals surface area contributed by atoms with E-state index in [1.165, 1.54) is 49.7 Å². The molecule has 0 radical (unpaired) electrons. The molecule has 3 heteroatoms. The molecule has 5 fully saturated rings. The summed E-state index contributed by atoms with van der Waals surface area (Å²) in [5.74, 6) is 4.39. The molecule has 4 bridgehead atoms. The van der Waals surface area contributed by atoms with Crippen molar-refractivity contribution >= 4 is 5.91 Å². The number of likely N-dealkylation sites (tertiary alicyclic amines) is 1. The number of hydrogen-bond donors (Lipinski definition) is 0. The lowest BCUT2D eigenvalue weighted by Crippen LogP contribution is -2.48. The van der Waals surface area contributed by atoms with Gasteiger partial charge in [-0.15, -0.1) is 0 Å². The molecule has 1 saturated heterocycles. The van der Waals surface area contributed by atoms with Crippen molar-refractivity contribution in [2.75, 3.05) is 20.2 Å². The zero-order chi connectivity index (χ0) is 21.7. The SMILES string of the molecule is COc1ccc(C(=O)N2CCC(c3ccccc3)CC2)cc1C12CC3CC(CC(C3)C1)C2. The van der Waals surface area contributed by atoms with Gasteiger partial charge in [0.1, 0.15) is 5.75 Å². The van der Waals surface area contributed by atoms with E-state index >= 15 is 0 Å². The Bertz CT molecular complexity index is 954. The first-order chi connectivity index (χ1) is 15.6. The normalized spacial score (nSPS) is 31.7.